The number of benzene rings is 2. The average molecular weight is 529 g/mol. The molecule has 0 unspecified atom stereocenters. The van der Waals surface area contributed by atoms with Gasteiger partial charge in [-0.05, 0) is 43.0 Å². The van der Waals surface area contributed by atoms with E-state index >= 15 is 0 Å². The van der Waals surface area contributed by atoms with Gasteiger partial charge in [0.05, 0.1) is 37.3 Å². The number of carbonyl (C=O) groups is 2. The lowest BCUT2D eigenvalue weighted by Crippen LogP contribution is -2.52. The van der Waals surface area contributed by atoms with Gasteiger partial charge in [-0.3, -0.25) is 14.5 Å². The van der Waals surface area contributed by atoms with Crippen molar-refractivity contribution in [1.82, 2.24) is 10.2 Å². The van der Waals surface area contributed by atoms with E-state index in [-0.39, 0.29) is 43.3 Å². The van der Waals surface area contributed by atoms with Crippen LogP contribution in [0.25, 0.3) is 0 Å². The number of hydrogen-bond donors (Lipinski definition) is 2. The van der Waals surface area contributed by atoms with Crippen LogP contribution in [0.15, 0.2) is 53.5 Å². The Morgan fingerprint density at radius 2 is 2.00 bits per heavy atom. The number of ether oxygens (including phenoxy) is 2. The molecule has 0 saturated carbocycles. The van der Waals surface area contributed by atoms with Gasteiger partial charge < -0.3 is 20.5 Å². The van der Waals surface area contributed by atoms with E-state index in [0.29, 0.717) is 37.0 Å². The fraction of sp³-hybridized carbons (Fsp3) is 0.464. The molecule has 0 fully saturated rings. The van der Waals surface area contributed by atoms with Crippen molar-refractivity contribution in [2.24, 2.45) is 10.7 Å². The number of guanidine groups is 1. The minimum Gasteiger partial charge on any atom is -0.493 e. The zero-order chi connectivity index (χ0) is 27.3. The van der Waals surface area contributed by atoms with Gasteiger partial charge in [0.15, 0.2) is 5.96 Å². The summed E-state index contributed by atoms with van der Waals surface area (Å²) in [7, 11) is 0. The predicted molar refractivity (Wildman–Crippen MR) is 139 cm³/mol. The van der Waals surface area contributed by atoms with Crippen LogP contribution >= 0.6 is 0 Å². The van der Waals surface area contributed by atoms with Crippen LogP contribution in [0.4, 0.5) is 8.78 Å². The van der Waals surface area contributed by atoms with E-state index in [2.05, 4.69) is 15.0 Å². The Balaban J connectivity index is 1.61. The van der Waals surface area contributed by atoms with Crippen LogP contribution in [0, 0.1) is 0 Å². The van der Waals surface area contributed by atoms with Gasteiger partial charge in [-0.25, -0.2) is 4.99 Å². The molecule has 10 heteroatoms. The van der Waals surface area contributed by atoms with Gasteiger partial charge in [-0.15, -0.1) is 0 Å². The van der Waals surface area contributed by atoms with Crippen molar-refractivity contribution in [2.75, 3.05) is 13.2 Å². The SMILES string of the molecule is CCC1(CC)CC(=O)N([C@H](CCOC(F)F)c2cccc(C(=O)N[C@H]3CCOc4ccccc43)c2)C(N)=N1. The van der Waals surface area contributed by atoms with E-state index in [0.717, 1.165) is 11.3 Å². The highest BCUT2D eigenvalue weighted by atomic mass is 19.3. The molecular formula is C28H34F2N4O4. The number of alkyl halides is 2. The second kappa shape index (κ2) is 11.9. The summed E-state index contributed by atoms with van der Waals surface area (Å²) in [6, 6.07) is 13.4. The third kappa shape index (κ3) is 5.96. The largest absolute Gasteiger partial charge is 0.493 e. The minimum atomic E-state index is -2.94. The van der Waals surface area contributed by atoms with Crippen LogP contribution in [0.1, 0.15) is 79.5 Å². The molecule has 0 aliphatic carbocycles. The fourth-order valence-electron chi connectivity index (χ4n) is 5.16. The first-order valence-corrected chi connectivity index (χ1v) is 13.0. The average Bonchev–Trinajstić information content (AvgIpc) is 2.91. The number of fused-ring (bicyclic) bond motifs is 1. The molecule has 2 aromatic carbocycles. The number of rotatable bonds is 10. The number of nitrogens with zero attached hydrogens (tertiary/aromatic N) is 2. The Labute approximate surface area is 221 Å². The topological polar surface area (TPSA) is 106 Å². The standard InChI is InChI=1S/C28H34F2N4O4/c1-3-28(4-2)17-24(35)34(27(31)33-28)22(13-15-38-26(29)30)18-8-7-9-19(16-18)25(36)32-21-12-14-37-23-11-6-5-10-20(21)23/h5-11,16,21-22,26H,3-4,12-15,17H2,1-2H3,(H2,31,33)(H,32,36)/t21-,22+/m0/s1. The summed E-state index contributed by atoms with van der Waals surface area (Å²) in [6.45, 7) is 1.15. The Morgan fingerprint density at radius 3 is 2.71 bits per heavy atom. The molecule has 0 radical (unpaired) electrons. The zero-order valence-corrected chi connectivity index (χ0v) is 21.7. The normalized spacial score (nSPS) is 19.4. The molecule has 4 rings (SSSR count). The molecule has 2 aliphatic heterocycles. The number of nitrogens with one attached hydrogen (secondary N) is 1. The molecule has 2 aliphatic rings. The maximum Gasteiger partial charge on any atom is 0.345 e. The maximum atomic E-state index is 13.3. The van der Waals surface area contributed by atoms with Gasteiger partial charge >= 0.3 is 6.61 Å². The van der Waals surface area contributed by atoms with Crippen LogP contribution in [0.5, 0.6) is 5.75 Å². The summed E-state index contributed by atoms with van der Waals surface area (Å²) < 4.78 is 35.7. The summed E-state index contributed by atoms with van der Waals surface area (Å²) >= 11 is 0. The second-order valence-corrected chi connectivity index (χ2v) is 9.60. The molecule has 0 aromatic heterocycles. The summed E-state index contributed by atoms with van der Waals surface area (Å²) in [4.78, 5) is 32.6. The van der Waals surface area contributed by atoms with Gasteiger partial charge in [0.25, 0.3) is 5.91 Å². The summed E-state index contributed by atoms with van der Waals surface area (Å²) in [5, 5.41) is 3.07. The van der Waals surface area contributed by atoms with Gasteiger partial charge in [0, 0.05) is 17.5 Å². The highest BCUT2D eigenvalue weighted by Gasteiger charge is 2.40. The number of amides is 2. The van der Waals surface area contributed by atoms with Crippen molar-refractivity contribution < 1.29 is 27.8 Å². The van der Waals surface area contributed by atoms with E-state index in [4.69, 9.17) is 10.5 Å². The van der Waals surface area contributed by atoms with Crippen molar-refractivity contribution in [3.05, 3.63) is 65.2 Å². The summed E-state index contributed by atoms with van der Waals surface area (Å²) in [6.07, 6.45) is 2.13. The highest BCUT2D eigenvalue weighted by molar-refractivity contribution is 6.00. The third-order valence-electron chi connectivity index (χ3n) is 7.41. The Bertz CT molecular complexity index is 1180. The lowest BCUT2D eigenvalue weighted by molar-refractivity contribution is -0.137. The zero-order valence-electron chi connectivity index (χ0n) is 21.7. The van der Waals surface area contributed by atoms with Gasteiger partial charge in [0.2, 0.25) is 5.91 Å². The third-order valence-corrected chi connectivity index (χ3v) is 7.41. The Hall–Kier alpha value is -3.53. The van der Waals surface area contributed by atoms with Gasteiger partial charge in [-0.2, -0.15) is 8.78 Å². The minimum absolute atomic E-state index is 0.0423. The van der Waals surface area contributed by atoms with Crippen molar-refractivity contribution in [3.63, 3.8) is 0 Å². The lowest BCUT2D eigenvalue weighted by Gasteiger charge is -2.40. The smallest absolute Gasteiger partial charge is 0.345 e. The number of carbonyl (C=O) groups excluding carboxylic acids is 2. The molecular weight excluding hydrogens is 494 g/mol. The van der Waals surface area contributed by atoms with Crippen LogP contribution in [0.3, 0.4) is 0 Å². The second-order valence-electron chi connectivity index (χ2n) is 9.60. The lowest BCUT2D eigenvalue weighted by atomic mass is 9.87. The maximum absolute atomic E-state index is 13.3. The number of para-hydroxylation sites is 1. The van der Waals surface area contributed by atoms with Crippen LogP contribution < -0.4 is 15.8 Å². The van der Waals surface area contributed by atoms with Crippen molar-refractivity contribution >= 4 is 17.8 Å². The van der Waals surface area contributed by atoms with E-state index in [1.165, 1.54) is 4.90 Å². The van der Waals surface area contributed by atoms with Crippen molar-refractivity contribution in [3.8, 4) is 5.75 Å². The summed E-state index contributed by atoms with van der Waals surface area (Å²) in [5.74, 6) is 0.252. The molecule has 0 spiro atoms. The molecule has 0 saturated heterocycles. The molecule has 2 aromatic rings. The molecule has 2 atom stereocenters. The van der Waals surface area contributed by atoms with E-state index in [1.54, 1.807) is 24.3 Å². The molecule has 204 valence electrons. The van der Waals surface area contributed by atoms with Crippen LogP contribution in [0.2, 0.25) is 0 Å². The quantitative estimate of drug-likeness (QED) is 0.464. The van der Waals surface area contributed by atoms with Crippen LogP contribution in [-0.2, 0) is 9.53 Å². The molecule has 2 heterocycles. The monoisotopic (exact) mass is 528 g/mol. The predicted octanol–water partition coefficient (Wildman–Crippen LogP) is 4.72. The van der Waals surface area contributed by atoms with Gasteiger partial charge in [-0.1, -0.05) is 44.2 Å². The van der Waals surface area contributed by atoms with Crippen molar-refractivity contribution in [2.45, 2.75) is 70.2 Å². The first-order chi connectivity index (χ1) is 18.3. The van der Waals surface area contributed by atoms with Crippen LogP contribution in [-0.4, -0.2) is 48.0 Å². The number of halogens is 2. The Morgan fingerprint density at radius 1 is 1.24 bits per heavy atom. The molecule has 0 bridgehead atoms. The van der Waals surface area contributed by atoms with Gasteiger partial charge in [0.1, 0.15) is 5.75 Å². The van der Waals surface area contributed by atoms with Crippen molar-refractivity contribution in [1.29, 1.82) is 0 Å². The Kier molecular flexibility index (Phi) is 8.61. The number of hydrogen-bond acceptors (Lipinski definition) is 6. The fourth-order valence-corrected chi connectivity index (χ4v) is 5.16. The summed E-state index contributed by atoms with van der Waals surface area (Å²) in [5.41, 5.74) is 7.59. The first-order valence-electron chi connectivity index (χ1n) is 13.0. The van der Waals surface area contributed by atoms with E-state index < -0.39 is 18.2 Å². The molecule has 38 heavy (non-hydrogen) atoms. The van der Waals surface area contributed by atoms with E-state index in [9.17, 15) is 18.4 Å². The number of nitrogens with two attached hydrogens (primary N) is 1. The molecule has 8 nitrogen and oxygen atoms in total. The van der Waals surface area contributed by atoms with E-state index in [1.807, 2.05) is 38.1 Å². The number of aliphatic imine (C=N–C) groups is 1. The highest BCUT2D eigenvalue weighted by Crippen LogP contribution is 2.35. The molecule has 2 amide bonds. The first kappa shape index (κ1) is 27.5. The molecule has 3 N–H and O–H groups in total.